The number of amides is 1. The van der Waals surface area contributed by atoms with Gasteiger partial charge in [-0.25, -0.2) is 0 Å². The topological polar surface area (TPSA) is 58.4 Å². The van der Waals surface area contributed by atoms with Gasteiger partial charge in [-0.1, -0.05) is 30.3 Å². The lowest BCUT2D eigenvalue weighted by atomic mass is 10.1. The summed E-state index contributed by atoms with van der Waals surface area (Å²) < 4.78 is 0. The number of benzene rings is 1. The van der Waals surface area contributed by atoms with Crippen molar-refractivity contribution in [3.8, 4) is 0 Å². The first-order valence-corrected chi connectivity index (χ1v) is 7.41. The zero-order chi connectivity index (χ0) is 14.4. The third-order valence-electron chi connectivity index (χ3n) is 3.93. The molecule has 0 aliphatic heterocycles. The summed E-state index contributed by atoms with van der Waals surface area (Å²) in [5, 5.41) is 3.03. The van der Waals surface area contributed by atoms with Crippen LogP contribution in [0.3, 0.4) is 0 Å². The van der Waals surface area contributed by atoms with Crippen molar-refractivity contribution in [2.75, 3.05) is 20.1 Å². The van der Waals surface area contributed by atoms with Gasteiger partial charge in [-0.2, -0.15) is 0 Å². The molecule has 1 fully saturated rings. The van der Waals surface area contributed by atoms with Crippen LogP contribution in [0.25, 0.3) is 0 Å². The van der Waals surface area contributed by atoms with Gasteiger partial charge in [0.25, 0.3) is 0 Å². The van der Waals surface area contributed by atoms with Gasteiger partial charge in [-0.3, -0.25) is 4.79 Å². The fourth-order valence-electron chi connectivity index (χ4n) is 2.74. The molecule has 0 bridgehead atoms. The molecule has 2 unspecified atom stereocenters. The summed E-state index contributed by atoms with van der Waals surface area (Å²) in [7, 11) is 2.07. The lowest BCUT2D eigenvalue weighted by molar-refractivity contribution is -0.124. The van der Waals surface area contributed by atoms with Crippen LogP contribution in [-0.2, 0) is 11.3 Å². The Hall–Kier alpha value is -1.39. The molecule has 2 atom stereocenters. The van der Waals surface area contributed by atoms with E-state index < -0.39 is 0 Å². The molecule has 4 heteroatoms. The first kappa shape index (κ1) is 15.0. The third kappa shape index (κ3) is 4.62. The van der Waals surface area contributed by atoms with E-state index in [-0.39, 0.29) is 17.9 Å². The quantitative estimate of drug-likeness (QED) is 0.824. The normalized spacial score (nSPS) is 22.1. The highest BCUT2D eigenvalue weighted by Gasteiger charge is 2.27. The van der Waals surface area contributed by atoms with Gasteiger partial charge in [0.15, 0.2) is 0 Å². The van der Waals surface area contributed by atoms with Crippen molar-refractivity contribution in [2.24, 2.45) is 11.7 Å². The SMILES string of the molecule is CN(CCNC(=O)C1CCC(N)C1)Cc1ccccc1. The maximum Gasteiger partial charge on any atom is 0.223 e. The molecule has 1 aromatic rings. The first-order chi connectivity index (χ1) is 9.65. The van der Waals surface area contributed by atoms with Gasteiger partial charge in [0, 0.05) is 31.6 Å². The third-order valence-corrected chi connectivity index (χ3v) is 3.93. The maximum absolute atomic E-state index is 11.9. The van der Waals surface area contributed by atoms with Gasteiger partial charge in [0.05, 0.1) is 0 Å². The second-order valence-electron chi connectivity index (χ2n) is 5.78. The van der Waals surface area contributed by atoms with E-state index in [0.717, 1.165) is 32.4 Å². The number of carbonyl (C=O) groups is 1. The van der Waals surface area contributed by atoms with Gasteiger partial charge < -0.3 is 16.0 Å². The second-order valence-corrected chi connectivity index (χ2v) is 5.78. The van der Waals surface area contributed by atoms with E-state index in [1.807, 2.05) is 18.2 Å². The van der Waals surface area contributed by atoms with Crippen LogP contribution >= 0.6 is 0 Å². The van der Waals surface area contributed by atoms with Gasteiger partial charge in [-0.05, 0) is 31.9 Å². The molecule has 1 saturated carbocycles. The number of carbonyl (C=O) groups excluding carboxylic acids is 1. The minimum atomic E-state index is 0.129. The Bertz CT molecular complexity index is 421. The van der Waals surface area contributed by atoms with Crippen LogP contribution in [-0.4, -0.2) is 37.0 Å². The molecule has 0 spiro atoms. The molecule has 1 aliphatic rings. The van der Waals surface area contributed by atoms with Crippen LogP contribution in [0.1, 0.15) is 24.8 Å². The Balaban J connectivity index is 1.64. The molecule has 3 N–H and O–H groups in total. The highest BCUT2D eigenvalue weighted by atomic mass is 16.1. The van der Waals surface area contributed by atoms with Crippen molar-refractivity contribution in [3.05, 3.63) is 35.9 Å². The summed E-state index contributed by atoms with van der Waals surface area (Å²) in [6, 6.07) is 10.6. The van der Waals surface area contributed by atoms with Crippen molar-refractivity contribution in [1.82, 2.24) is 10.2 Å². The molecule has 1 aromatic carbocycles. The number of likely N-dealkylation sites (N-methyl/N-ethyl adjacent to an activating group) is 1. The first-order valence-electron chi connectivity index (χ1n) is 7.41. The monoisotopic (exact) mass is 275 g/mol. The van der Waals surface area contributed by atoms with E-state index in [2.05, 4.69) is 29.4 Å². The van der Waals surface area contributed by atoms with Gasteiger partial charge in [0.2, 0.25) is 5.91 Å². The Morgan fingerprint density at radius 3 is 2.75 bits per heavy atom. The van der Waals surface area contributed by atoms with Gasteiger partial charge >= 0.3 is 0 Å². The summed E-state index contributed by atoms with van der Waals surface area (Å²) in [5.74, 6) is 0.301. The number of nitrogens with two attached hydrogens (primary N) is 1. The average Bonchev–Trinajstić information content (AvgIpc) is 2.86. The van der Waals surface area contributed by atoms with Crippen molar-refractivity contribution in [3.63, 3.8) is 0 Å². The molecular formula is C16H25N3O. The van der Waals surface area contributed by atoms with Gasteiger partial charge in [-0.15, -0.1) is 0 Å². The molecule has 0 saturated heterocycles. The Morgan fingerprint density at radius 2 is 2.10 bits per heavy atom. The number of rotatable bonds is 6. The van der Waals surface area contributed by atoms with Crippen molar-refractivity contribution < 1.29 is 4.79 Å². The summed E-state index contributed by atoms with van der Waals surface area (Å²) in [5.41, 5.74) is 7.13. The zero-order valence-corrected chi connectivity index (χ0v) is 12.2. The van der Waals surface area contributed by atoms with Crippen LogP contribution in [0.2, 0.25) is 0 Å². The van der Waals surface area contributed by atoms with Crippen molar-refractivity contribution in [1.29, 1.82) is 0 Å². The summed E-state index contributed by atoms with van der Waals surface area (Å²) in [6.45, 7) is 2.47. The van der Waals surface area contributed by atoms with Crippen LogP contribution in [0.4, 0.5) is 0 Å². The average molecular weight is 275 g/mol. The van der Waals surface area contributed by atoms with E-state index in [4.69, 9.17) is 5.73 Å². The predicted octanol–water partition coefficient (Wildman–Crippen LogP) is 1.36. The second kappa shape index (κ2) is 7.41. The van der Waals surface area contributed by atoms with Crippen LogP contribution in [0, 0.1) is 5.92 Å². The summed E-state index contributed by atoms with van der Waals surface area (Å²) >= 11 is 0. The zero-order valence-electron chi connectivity index (χ0n) is 12.2. The molecule has 1 aliphatic carbocycles. The highest BCUT2D eigenvalue weighted by Crippen LogP contribution is 2.23. The fraction of sp³-hybridized carbons (Fsp3) is 0.562. The standard InChI is InChI=1S/C16H25N3O/c1-19(12-13-5-3-2-4-6-13)10-9-18-16(20)14-7-8-15(17)11-14/h2-6,14-15H,7-12,17H2,1H3,(H,18,20). The molecule has 4 nitrogen and oxygen atoms in total. The molecule has 0 radical (unpaired) electrons. The smallest absolute Gasteiger partial charge is 0.223 e. The highest BCUT2D eigenvalue weighted by molar-refractivity contribution is 5.78. The van der Waals surface area contributed by atoms with Crippen molar-refractivity contribution in [2.45, 2.75) is 31.8 Å². The Morgan fingerprint density at radius 1 is 1.35 bits per heavy atom. The van der Waals surface area contributed by atoms with Crippen LogP contribution < -0.4 is 11.1 Å². The van der Waals surface area contributed by atoms with Crippen LogP contribution in [0.15, 0.2) is 30.3 Å². The predicted molar refractivity (Wildman–Crippen MR) is 81.1 cm³/mol. The molecule has 110 valence electrons. The lowest BCUT2D eigenvalue weighted by Gasteiger charge is -2.18. The van der Waals surface area contributed by atoms with E-state index in [9.17, 15) is 4.79 Å². The maximum atomic E-state index is 11.9. The molecule has 2 rings (SSSR count). The molecule has 1 amide bonds. The summed E-state index contributed by atoms with van der Waals surface area (Å²) in [4.78, 5) is 14.2. The number of hydrogen-bond donors (Lipinski definition) is 2. The van der Waals surface area contributed by atoms with Crippen LogP contribution in [0.5, 0.6) is 0 Å². The van der Waals surface area contributed by atoms with E-state index >= 15 is 0 Å². The Labute approximate surface area is 121 Å². The fourth-order valence-corrected chi connectivity index (χ4v) is 2.74. The minimum absolute atomic E-state index is 0.129. The number of hydrogen-bond acceptors (Lipinski definition) is 3. The lowest BCUT2D eigenvalue weighted by Crippen LogP contribution is -2.36. The molecule has 0 heterocycles. The molecule has 20 heavy (non-hydrogen) atoms. The number of nitrogens with one attached hydrogen (secondary N) is 1. The summed E-state index contributed by atoms with van der Waals surface area (Å²) in [6.07, 6.45) is 2.75. The van der Waals surface area contributed by atoms with Gasteiger partial charge in [0.1, 0.15) is 0 Å². The van der Waals surface area contributed by atoms with E-state index in [1.165, 1.54) is 5.56 Å². The molecule has 0 aromatic heterocycles. The largest absolute Gasteiger partial charge is 0.355 e. The van der Waals surface area contributed by atoms with Crippen molar-refractivity contribution >= 4 is 5.91 Å². The Kier molecular flexibility index (Phi) is 5.56. The van der Waals surface area contributed by atoms with E-state index in [1.54, 1.807) is 0 Å². The van der Waals surface area contributed by atoms with E-state index in [0.29, 0.717) is 6.54 Å². The number of nitrogens with zero attached hydrogens (tertiary/aromatic N) is 1. The molecular weight excluding hydrogens is 250 g/mol. The minimum Gasteiger partial charge on any atom is -0.355 e.